The lowest BCUT2D eigenvalue weighted by Crippen LogP contribution is -2.15. The van der Waals surface area contributed by atoms with Gasteiger partial charge in [0.25, 0.3) is 0 Å². The Hall–Kier alpha value is -3.28. The van der Waals surface area contributed by atoms with Gasteiger partial charge in [0.2, 0.25) is 5.91 Å². The van der Waals surface area contributed by atoms with E-state index in [1.807, 2.05) is 31.2 Å². The fourth-order valence-electron chi connectivity index (χ4n) is 2.26. The van der Waals surface area contributed by atoms with Crippen LogP contribution in [0.2, 0.25) is 0 Å². The number of carbonyl (C=O) groups is 1. The lowest BCUT2D eigenvalue weighted by Gasteiger charge is -2.07. The Morgan fingerprint density at radius 2 is 1.72 bits per heavy atom. The lowest BCUT2D eigenvalue weighted by atomic mass is 10.1. The number of benzene rings is 2. The summed E-state index contributed by atoms with van der Waals surface area (Å²) < 4.78 is 13.2. The average Bonchev–Trinajstić information content (AvgIpc) is 2.59. The molecule has 2 N–H and O–H groups in total. The van der Waals surface area contributed by atoms with E-state index >= 15 is 0 Å². The molecule has 25 heavy (non-hydrogen) atoms. The molecule has 5 nitrogen and oxygen atoms in total. The second kappa shape index (κ2) is 7.53. The van der Waals surface area contributed by atoms with E-state index in [2.05, 4.69) is 20.8 Å². The van der Waals surface area contributed by atoms with E-state index in [0.717, 1.165) is 11.1 Å². The molecule has 0 aliphatic heterocycles. The highest BCUT2D eigenvalue weighted by Crippen LogP contribution is 2.15. The molecule has 0 saturated carbocycles. The van der Waals surface area contributed by atoms with E-state index in [4.69, 9.17) is 0 Å². The summed E-state index contributed by atoms with van der Waals surface area (Å²) in [4.78, 5) is 12.0. The van der Waals surface area contributed by atoms with Crippen molar-refractivity contribution in [3.8, 4) is 0 Å². The Morgan fingerprint density at radius 3 is 2.40 bits per heavy atom. The number of rotatable bonds is 5. The molecular weight excluding hydrogens is 319 g/mol. The first-order valence-corrected chi connectivity index (χ1v) is 7.80. The Morgan fingerprint density at radius 1 is 1.00 bits per heavy atom. The number of anilines is 3. The van der Waals surface area contributed by atoms with E-state index in [-0.39, 0.29) is 18.1 Å². The zero-order chi connectivity index (χ0) is 17.6. The molecule has 0 aliphatic carbocycles. The molecule has 126 valence electrons. The third-order valence-electron chi connectivity index (χ3n) is 3.51. The van der Waals surface area contributed by atoms with Gasteiger partial charge in [-0.2, -0.15) is 0 Å². The fourth-order valence-corrected chi connectivity index (χ4v) is 2.26. The first kappa shape index (κ1) is 16.6. The summed E-state index contributed by atoms with van der Waals surface area (Å²) in [6.07, 6.45) is 0.269. The molecular formula is C19H17FN4O. The summed E-state index contributed by atoms with van der Waals surface area (Å²) in [5.41, 5.74) is 2.65. The van der Waals surface area contributed by atoms with Crippen LogP contribution in [0.5, 0.6) is 0 Å². The number of hydrogen-bond acceptors (Lipinski definition) is 4. The van der Waals surface area contributed by atoms with Gasteiger partial charge in [-0.25, -0.2) is 4.39 Å². The molecule has 3 rings (SSSR count). The molecule has 6 heteroatoms. The maximum absolute atomic E-state index is 13.2. The second-order valence-corrected chi connectivity index (χ2v) is 5.65. The number of nitrogens with zero attached hydrogens (tertiary/aromatic N) is 2. The number of aromatic nitrogens is 2. The number of amides is 1. The van der Waals surface area contributed by atoms with E-state index in [1.165, 1.54) is 12.1 Å². The van der Waals surface area contributed by atoms with E-state index in [0.29, 0.717) is 17.3 Å². The van der Waals surface area contributed by atoms with Crippen molar-refractivity contribution < 1.29 is 9.18 Å². The SMILES string of the molecule is Cc1ccc(CC(=O)Nc2ccc(Nc3cccc(F)c3)nn2)cc1. The molecule has 0 unspecified atom stereocenters. The van der Waals surface area contributed by atoms with Gasteiger partial charge >= 0.3 is 0 Å². The highest BCUT2D eigenvalue weighted by molar-refractivity contribution is 5.91. The van der Waals surface area contributed by atoms with Crippen molar-refractivity contribution in [2.24, 2.45) is 0 Å². The van der Waals surface area contributed by atoms with E-state index < -0.39 is 0 Å². The third-order valence-corrected chi connectivity index (χ3v) is 3.51. The molecule has 0 radical (unpaired) electrons. The summed E-state index contributed by atoms with van der Waals surface area (Å²) in [6, 6.07) is 17.1. The van der Waals surface area contributed by atoms with Gasteiger partial charge in [-0.1, -0.05) is 35.9 Å². The van der Waals surface area contributed by atoms with Crippen molar-refractivity contribution in [2.45, 2.75) is 13.3 Å². The highest BCUT2D eigenvalue weighted by atomic mass is 19.1. The minimum absolute atomic E-state index is 0.163. The predicted molar refractivity (Wildman–Crippen MR) is 95.2 cm³/mol. The molecule has 3 aromatic rings. The van der Waals surface area contributed by atoms with Crippen molar-refractivity contribution >= 4 is 23.2 Å². The number of halogens is 1. The van der Waals surface area contributed by atoms with Crippen molar-refractivity contribution in [2.75, 3.05) is 10.6 Å². The molecule has 1 amide bonds. The normalized spacial score (nSPS) is 10.3. The van der Waals surface area contributed by atoms with Crippen LogP contribution in [0.3, 0.4) is 0 Å². The van der Waals surface area contributed by atoms with Gasteiger partial charge in [0.05, 0.1) is 6.42 Å². The van der Waals surface area contributed by atoms with Crippen molar-refractivity contribution in [3.05, 3.63) is 77.6 Å². The van der Waals surface area contributed by atoms with Gasteiger partial charge in [-0.3, -0.25) is 4.79 Å². The van der Waals surface area contributed by atoms with Crippen LogP contribution >= 0.6 is 0 Å². The van der Waals surface area contributed by atoms with Gasteiger partial charge < -0.3 is 10.6 Å². The Labute approximate surface area is 144 Å². The van der Waals surface area contributed by atoms with Crippen LogP contribution in [0.15, 0.2) is 60.7 Å². The fraction of sp³-hybridized carbons (Fsp3) is 0.105. The molecule has 2 aromatic carbocycles. The van der Waals surface area contributed by atoms with Crippen LogP contribution < -0.4 is 10.6 Å². The van der Waals surface area contributed by atoms with Gasteiger partial charge in [0, 0.05) is 5.69 Å². The molecule has 0 atom stereocenters. The maximum atomic E-state index is 13.2. The molecule has 1 aromatic heterocycles. The van der Waals surface area contributed by atoms with Crippen LogP contribution in [0.25, 0.3) is 0 Å². The zero-order valence-corrected chi connectivity index (χ0v) is 13.7. The maximum Gasteiger partial charge on any atom is 0.229 e. The van der Waals surface area contributed by atoms with E-state index in [9.17, 15) is 9.18 Å². The Balaban J connectivity index is 1.58. The van der Waals surface area contributed by atoms with E-state index in [1.54, 1.807) is 24.3 Å². The number of nitrogens with one attached hydrogen (secondary N) is 2. The summed E-state index contributed by atoms with van der Waals surface area (Å²) >= 11 is 0. The molecule has 0 saturated heterocycles. The number of carbonyl (C=O) groups excluding carboxylic acids is 1. The van der Waals surface area contributed by atoms with Crippen LogP contribution in [0.1, 0.15) is 11.1 Å². The summed E-state index contributed by atoms with van der Waals surface area (Å²) in [5, 5.41) is 13.6. The molecule has 1 heterocycles. The first-order valence-electron chi connectivity index (χ1n) is 7.80. The first-order chi connectivity index (χ1) is 12.1. The predicted octanol–water partition coefficient (Wildman–Crippen LogP) is 3.85. The summed E-state index contributed by atoms with van der Waals surface area (Å²) in [5.74, 6) is 0.325. The molecule has 0 bridgehead atoms. The van der Waals surface area contributed by atoms with Crippen LogP contribution in [0.4, 0.5) is 21.7 Å². The highest BCUT2D eigenvalue weighted by Gasteiger charge is 2.06. The van der Waals surface area contributed by atoms with Crippen LogP contribution in [-0.4, -0.2) is 16.1 Å². The summed E-state index contributed by atoms with van der Waals surface area (Å²) in [6.45, 7) is 2.00. The minimum Gasteiger partial charge on any atom is -0.339 e. The Bertz CT molecular complexity index is 863. The quantitative estimate of drug-likeness (QED) is 0.743. The van der Waals surface area contributed by atoms with Gasteiger partial charge in [-0.05, 0) is 42.8 Å². The molecule has 0 spiro atoms. The van der Waals surface area contributed by atoms with Crippen LogP contribution in [0, 0.1) is 12.7 Å². The monoisotopic (exact) mass is 336 g/mol. The standard InChI is InChI=1S/C19H17FN4O/c1-13-5-7-14(8-6-13)11-19(25)22-18-10-9-17(23-24-18)21-16-4-2-3-15(20)12-16/h2-10,12H,11H2,1H3,(H,21,23)(H,22,24,25). The van der Waals surface area contributed by atoms with Crippen molar-refractivity contribution in [3.63, 3.8) is 0 Å². The van der Waals surface area contributed by atoms with Crippen LogP contribution in [-0.2, 0) is 11.2 Å². The largest absolute Gasteiger partial charge is 0.339 e. The van der Waals surface area contributed by atoms with Gasteiger partial charge in [-0.15, -0.1) is 10.2 Å². The number of hydrogen-bond donors (Lipinski definition) is 2. The van der Waals surface area contributed by atoms with Crippen molar-refractivity contribution in [1.82, 2.24) is 10.2 Å². The average molecular weight is 336 g/mol. The molecule has 0 fully saturated rings. The topological polar surface area (TPSA) is 66.9 Å². The smallest absolute Gasteiger partial charge is 0.229 e. The number of aryl methyl sites for hydroxylation is 1. The Kier molecular flexibility index (Phi) is 4.99. The second-order valence-electron chi connectivity index (χ2n) is 5.65. The third kappa shape index (κ3) is 4.84. The summed E-state index contributed by atoms with van der Waals surface area (Å²) in [7, 11) is 0. The minimum atomic E-state index is -0.335. The van der Waals surface area contributed by atoms with Gasteiger partial charge in [0.1, 0.15) is 5.82 Å². The molecule has 0 aliphatic rings. The van der Waals surface area contributed by atoms with Gasteiger partial charge in [0.15, 0.2) is 11.6 Å². The lowest BCUT2D eigenvalue weighted by molar-refractivity contribution is -0.115. The van der Waals surface area contributed by atoms with Crippen molar-refractivity contribution in [1.29, 1.82) is 0 Å². The zero-order valence-electron chi connectivity index (χ0n) is 13.7.